The minimum Gasteiger partial charge on any atom is -0.486 e. The molecule has 2 N–H and O–H groups in total. The van der Waals surface area contributed by atoms with Crippen LogP contribution in [0.1, 0.15) is 40.0 Å². The number of carbonyl (C=O) groups excluding carboxylic acids is 3. The number of piperidine rings is 1. The number of nitrogens with one attached hydrogen (secondary N) is 2. The molecule has 0 atom stereocenters. The molecule has 2 aromatic rings. The number of Topliss-reactive ketones (excluding diaryl/α,β-unsaturated/α-hetero) is 1. The molecule has 0 radical (unpaired) electrons. The lowest BCUT2D eigenvalue weighted by atomic mass is 9.82. The van der Waals surface area contributed by atoms with Gasteiger partial charge in [0.15, 0.2) is 5.78 Å². The predicted octanol–water partition coefficient (Wildman–Crippen LogP) is 3.03. The maximum Gasteiger partial charge on any atom is 0.323 e. The van der Waals surface area contributed by atoms with Crippen molar-refractivity contribution in [3.63, 3.8) is 0 Å². The third kappa shape index (κ3) is 4.61. The summed E-state index contributed by atoms with van der Waals surface area (Å²) in [5.41, 5.74) is 0.0520. The average molecular weight is 449 g/mol. The molecule has 8 nitrogen and oxygen atoms in total. The summed E-state index contributed by atoms with van der Waals surface area (Å²) in [6.45, 7) is 0.748. The van der Waals surface area contributed by atoms with Crippen LogP contribution in [0.25, 0.3) is 0 Å². The average Bonchev–Trinajstić information content (AvgIpc) is 2.73. The summed E-state index contributed by atoms with van der Waals surface area (Å²) in [6, 6.07) is 6.63. The second-order valence-electron chi connectivity index (χ2n) is 7.45. The Morgan fingerprint density at radius 1 is 1.19 bits per heavy atom. The van der Waals surface area contributed by atoms with Gasteiger partial charge in [0.05, 0.1) is 12.0 Å². The molecule has 1 aromatic carbocycles. The van der Waals surface area contributed by atoms with Gasteiger partial charge in [-0.3, -0.25) is 14.9 Å². The van der Waals surface area contributed by atoms with Gasteiger partial charge in [-0.1, -0.05) is 0 Å². The molecule has 31 heavy (non-hydrogen) atoms. The first-order chi connectivity index (χ1) is 14.4. The van der Waals surface area contributed by atoms with E-state index >= 15 is 0 Å². The van der Waals surface area contributed by atoms with Gasteiger partial charge >= 0.3 is 6.03 Å². The van der Waals surface area contributed by atoms with Crippen LogP contribution in [0.4, 0.5) is 15.0 Å². The molecule has 4 rings (SSSR count). The first kappa shape index (κ1) is 22.5. The maximum absolute atomic E-state index is 13.6. The molecule has 3 amide bonds. The minimum atomic E-state index is -0.730. The zero-order valence-corrected chi connectivity index (χ0v) is 17.6. The first-order valence-electron chi connectivity index (χ1n) is 9.65. The molecule has 0 bridgehead atoms. The van der Waals surface area contributed by atoms with Gasteiger partial charge in [-0.05, 0) is 24.3 Å². The fourth-order valence-electron chi connectivity index (χ4n) is 3.84. The third-order valence-corrected chi connectivity index (χ3v) is 5.50. The highest BCUT2D eigenvalue weighted by atomic mass is 35.5. The van der Waals surface area contributed by atoms with Gasteiger partial charge in [-0.2, -0.15) is 0 Å². The Kier molecular flexibility index (Phi) is 6.45. The Morgan fingerprint density at radius 2 is 1.94 bits per heavy atom. The van der Waals surface area contributed by atoms with Crippen molar-refractivity contribution in [3.8, 4) is 5.75 Å². The van der Waals surface area contributed by atoms with Crippen LogP contribution in [0.15, 0.2) is 36.5 Å². The van der Waals surface area contributed by atoms with E-state index in [9.17, 15) is 18.8 Å². The molecular formula is C21H22ClFN4O4. The van der Waals surface area contributed by atoms with Crippen molar-refractivity contribution < 1.29 is 23.5 Å². The molecule has 1 aromatic heterocycles. The molecule has 1 saturated heterocycles. The zero-order valence-electron chi connectivity index (χ0n) is 16.8. The van der Waals surface area contributed by atoms with Gasteiger partial charge in [0, 0.05) is 50.8 Å². The van der Waals surface area contributed by atoms with E-state index in [2.05, 4.69) is 15.6 Å². The Bertz CT molecular complexity index is 1020. The van der Waals surface area contributed by atoms with Crippen LogP contribution in [0, 0.1) is 5.82 Å². The van der Waals surface area contributed by atoms with E-state index in [1.54, 1.807) is 11.0 Å². The first-order valence-corrected chi connectivity index (χ1v) is 9.65. The van der Waals surface area contributed by atoms with Crippen molar-refractivity contribution >= 4 is 35.9 Å². The number of aromatic nitrogens is 1. The molecule has 0 saturated carbocycles. The predicted molar refractivity (Wildman–Crippen MR) is 113 cm³/mol. The number of urea groups is 1. The lowest BCUT2D eigenvalue weighted by Gasteiger charge is -2.43. The van der Waals surface area contributed by atoms with Gasteiger partial charge in [-0.15, -0.1) is 12.4 Å². The number of pyridine rings is 1. The summed E-state index contributed by atoms with van der Waals surface area (Å²) in [4.78, 5) is 42.5. The van der Waals surface area contributed by atoms with Crippen molar-refractivity contribution in [1.29, 1.82) is 0 Å². The Labute approximate surface area is 184 Å². The SMILES string of the molecule is CNC(=O)c1ccnc(NC(=O)N2CCC3(CC2)CC(=O)c2ccc(F)cc2O3)c1.Cl. The van der Waals surface area contributed by atoms with Crippen molar-refractivity contribution in [2.45, 2.75) is 24.9 Å². The van der Waals surface area contributed by atoms with E-state index in [0.29, 0.717) is 37.1 Å². The van der Waals surface area contributed by atoms with Crippen LogP contribution < -0.4 is 15.4 Å². The topological polar surface area (TPSA) is 101 Å². The van der Waals surface area contributed by atoms with Gasteiger partial charge in [0.1, 0.15) is 23.0 Å². The van der Waals surface area contributed by atoms with E-state index < -0.39 is 11.4 Å². The van der Waals surface area contributed by atoms with Crippen LogP contribution in [0.3, 0.4) is 0 Å². The fourth-order valence-corrected chi connectivity index (χ4v) is 3.84. The summed E-state index contributed by atoms with van der Waals surface area (Å²) in [5, 5.41) is 5.21. The number of fused-ring (bicyclic) bond motifs is 1. The molecule has 0 unspecified atom stereocenters. The second-order valence-corrected chi connectivity index (χ2v) is 7.45. The maximum atomic E-state index is 13.6. The number of hydrogen-bond acceptors (Lipinski definition) is 5. The van der Waals surface area contributed by atoms with Gasteiger partial charge < -0.3 is 15.0 Å². The second kappa shape index (κ2) is 8.89. The zero-order chi connectivity index (χ0) is 21.3. The molecule has 10 heteroatoms. The number of hydrogen-bond donors (Lipinski definition) is 2. The summed E-state index contributed by atoms with van der Waals surface area (Å²) < 4.78 is 19.6. The highest BCUT2D eigenvalue weighted by molar-refractivity contribution is 6.00. The van der Waals surface area contributed by atoms with Gasteiger partial charge in [0.25, 0.3) is 5.91 Å². The van der Waals surface area contributed by atoms with E-state index in [4.69, 9.17) is 4.74 Å². The van der Waals surface area contributed by atoms with Crippen LogP contribution >= 0.6 is 12.4 Å². The number of ether oxygens (including phenoxy) is 1. The van der Waals surface area contributed by atoms with Crippen molar-refractivity contribution in [3.05, 3.63) is 53.5 Å². The number of rotatable bonds is 2. The molecule has 1 fully saturated rings. The number of amides is 3. The highest BCUT2D eigenvalue weighted by Gasteiger charge is 2.43. The summed E-state index contributed by atoms with van der Waals surface area (Å²) in [6.07, 6.45) is 2.56. The van der Waals surface area contributed by atoms with E-state index in [1.807, 2.05) is 0 Å². The fraction of sp³-hybridized carbons (Fsp3) is 0.333. The summed E-state index contributed by atoms with van der Waals surface area (Å²) in [7, 11) is 1.52. The molecule has 2 aliphatic rings. The lowest BCUT2D eigenvalue weighted by molar-refractivity contribution is 0.000170. The van der Waals surface area contributed by atoms with Crippen LogP contribution in [0.2, 0.25) is 0 Å². The van der Waals surface area contributed by atoms with E-state index in [1.165, 1.54) is 37.5 Å². The number of nitrogens with zero attached hydrogens (tertiary/aromatic N) is 2. The molecule has 3 heterocycles. The number of benzene rings is 1. The van der Waals surface area contributed by atoms with E-state index in [0.717, 1.165) is 0 Å². The number of anilines is 1. The summed E-state index contributed by atoms with van der Waals surface area (Å²) in [5.74, 6) is -0.274. The van der Waals surface area contributed by atoms with Crippen molar-refractivity contribution in [1.82, 2.24) is 15.2 Å². The molecule has 1 spiro atoms. The van der Waals surface area contributed by atoms with Gasteiger partial charge in [-0.25, -0.2) is 14.2 Å². The lowest BCUT2D eigenvalue weighted by Crippen LogP contribution is -2.53. The molecule has 2 aliphatic heterocycles. The smallest absolute Gasteiger partial charge is 0.323 e. The number of likely N-dealkylation sites (tertiary alicyclic amines) is 1. The quantitative estimate of drug-likeness (QED) is 0.735. The van der Waals surface area contributed by atoms with Crippen LogP contribution in [-0.2, 0) is 0 Å². The highest BCUT2D eigenvalue weighted by Crippen LogP contribution is 2.39. The normalized spacial score (nSPS) is 16.6. The van der Waals surface area contributed by atoms with Crippen LogP contribution in [-0.4, -0.2) is 53.3 Å². The molecule has 164 valence electrons. The van der Waals surface area contributed by atoms with Crippen molar-refractivity contribution in [2.75, 3.05) is 25.5 Å². The summed E-state index contributed by atoms with van der Waals surface area (Å²) >= 11 is 0. The molecular weight excluding hydrogens is 427 g/mol. The largest absolute Gasteiger partial charge is 0.486 e. The van der Waals surface area contributed by atoms with Crippen LogP contribution in [0.5, 0.6) is 5.75 Å². The standard InChI is InChI=1S/C21H21FN4O4.ClH/c1-23-19(28)13-4-7-24-18(10-13)25-20(29)26-8-5-21(6-9-26)12-16(27)15-3-2-14(22)11-17(15)30-21;/h2-4,7,10-11H,5-6,8-9,12H2,1H3,(H,23,28)(H,24,25,29);1H. The van der Waals surface area contributed by atoms with Crippen molar-refractivity contribution in [2.24, 2.45) is 0 Å². The monoisotopic (exact) mass is 448 g/mol. The Balaban J connectivity index is 0.00000272. The Hall–Kier alpha value is -3.20. The van der Waals surface area contributed by atoms with E-state index in [-0.39, 0.29) is 48.1 Å². The number of carbonyl (C=O) groups is 3. The van der Waals surface area contributed by atoms with Gasteiger partial charge in [0.2, 0.25) is 0 Å². The minimum absolute atomic E-state index is 0. The molecule has 0 aliphatic carbocycles. The number of halogens is 2. The third-order valence-electron chi connectivity index (χ3n) is 5.50. The Morgan fingerprint density at radius 3 is 2.65 bits per heavy atom. The number of ketones is 1.